The number of alkyl halides is 3. The molecule has 2 N–H and O–H groups in total. The van der Waals surface area contributed by atoms with Crippen molar-refractivity contribution in [2.24, 2.45) is 5.73 Å². The van der Waals surface area contributed by atoms with Crippen LogP contribution in [0.25, 0.3) is 32.8 Å². The molecule has 0 unspecified atom stereocenters. The molecule has 9 nitrogen and oxygen atoms in total. The molecule has 0 bridgehead atoms. The zero-order chi connectivity index (χ0) is 24.2. The van der Waals surface area contributed by atoms with Crippen molar-refractivity contribution in [3.63, 3.8) is 0 Å². The quantitative estimate of drug-likeness (QED) is 0.414. The highest BCUT2D eigenvalue weighted by Crippen LogP contribution is 2.40. The summed E-state index contributed by atoms with van der Waals surface area (Å²) in [6, 6.07) is 6.38. The van der Waals surface area contributed by atoms with Gasteiger partial charge in [0, 0.05) is 5.56 Å². The maximum Gasteiger partial charge on any atom is 0.434 e. The molecule has 0 spiro atoms. The van der Waals surface area contributed by atoms with Gasteiger partial charge in [-0.3, -0.25) is 9.78 Å². The van der Waals surface area contributed by atoms with Crippen molar-refractivity contribution >= 4 is 27.5 Å². The molecule has 0 radical (unpaired) electrons. The zero-order valence-electron chi connectivity index (χ0n) is 17.7. The van der Waals surface area contributed by atoms with Gasteiger partial charge in [0.05, 0.1) is 50.8 Å². The number of aromatic nitrogens is 7. The van der Waals surface area contributed by atoms with E-state index in [1.807, 2.05) is 0 Å². The zero-order valence-corrected chi connectivity index (χ0v) is 18.5. The molecule has 4 heterocycles. The van der Waals surface area contributed by atoms with Crippen LogP contribution >= 0.6 is 11.3 Å². The molecule has 0 saturated heterocycles. The lowest BCUT2D eigenvalue weighted by Gasteiger charge is -2.12. The smallest absolute Gasteiger partial charge is 0.365 e. The number of nitrogens with zero attached hydrogens (tertiary/aromatic N) is 7. The summed E-state index contributed by atoms with van der Waals surface area (Å²) < 4.78 is 44.2. The summed E-state index contributed by atoms with van der Waals surface area (Å²) in [5, 5.41) is 12.7. The van der Waals surface area contributed by atoms with Gasteiger partial charge in [-0.15, -0.1) is 16.1 Å². The van der Waals surface area contributed by atoms with Gasteiger partial charge < -0.3 is 5.73 Å². The Bertz CT molecular complexity index is 1550. The summed E-state index contributed by atoms with van der Waals surface area (Å²) in [4.78, 5) is 21.9. The summed E-state index contributed by atoms with van der Waals surface area (Å²) in [6.45, 7) is 3.52. The minimum Gasteiger partial charge on any atom is -0.365 e. The van der Waals surface area contributed by atoms with Gasteiger partial charge in [-0.1, -0.05) is 12.1 Å². The van der Waals surface area contributed by atoms with Crippen molar-refractivity contribution in [2.45, 2.75) is 20.0 Å². The number of pyridine rings is 1. The van der Waals surface area contributed by atoms with Crippen molar-refractivity contribution in [3.05, 3.63) is 64.8 Å². The minimum absolute atomic E-state index is 0.0448. The molecule has 4 aromatic heterocycles. The average molecular weight is 484 g/mol. The Kier molecular flexibility index (Phi) is 4.93. The third kappa shape index (κ3) is 3.50. The molecule has 0 aliphatic carbocycles. The topological polar surface area (TPSA) is 117 Å². The number of nitrogens with two attached hydrogens (primary N) is 1. The SMILES string of the molecule is Cc1nn(-c2cncc(-n3nc(-c4cccc5scnc45)c(C(N)=O)c3C(F)(F)F)c2)nc1C. The molecular weight excluding hydrogens is 469 g/mol. The van der Waals surface area contributed by atoms with E-state index < -0.39 is 23.3 Å². The van der Waals surface area contributed by atoms with Gasteiger partial charge in [0.1, 0.15) is 11.4 Å². The first-order valence-corrected chi connectivity index (χ1v) is 10.7. The fourth-order valence-corrected chi connectivity index (χ4v) is 4.28. The molecule has 5 rings (SSSR count). The molecule has 0 fully saturated rings. The van der Waals surface area contributed by atoms with Crippen LogP contribution in [0.3, 0.4) is 0 Å². The van der Waals surface area contributed by atoms with Crippen LogP contribution in [-0.4, -0.2) is 40.6 Å². The average Bonchev–Trinajstić information content (AvgIpc) is 3.50. The van der Waals surface area contributed by atoms with Crippen LogP contribution in [-0.2, 0) is 6.18 Å². The second-order valence-corrected chi connectivity index (χ2v) is 8.30. The van der Waals surface area contributed by atoms with Gasteiger partial charge in [0.15, 0.2) is 5.69 Å². The van der Waals surface area contributed by atoms with E-state index in [4.69, 9.17) is 5.73 Å². The number of hydrogen-bond donors (Lipinski definition) is 1. The Balaban J connectivity index is 1.79. The number of aryl methyl sites for hydroxylation is 2. The third-order valence-electron chi connectivity index (χ3n) is 5.21. The summed E-state index contributed by atoms with van der Waals surface area (Å²) in [5.74, 6) is -1.26. The lowest BCUT2D eigenvalue weighted by atomic mass is 10.0. The Morgan fingerprint density at radius 3 is 2.44 bits per heavy atom. The van der Waals surface area contributed by atoms with Crippen LogP contribution in [0.5, 0.6) is 0 Å². The van der Waals surface area contributed by atoms with E-state index >= 15 is 0 Å². The number of primary amides is 1. The largest absolute Gasteiger partial charge is 0.434 e. The summed E-state index contributed by atoms with van der Waals surface area (Å²) in [6.07, 6.45) is -2.34. The summed E-state index contributed by atoms with van der Waals surface area (Å²) in [7, 11) is 0. The van der Waals surface area contributed by atoms with Crippen LogP contribution in [0.1, 0.15) is 27.4 Å². The van der Waals surface area contributed by atoms with Gasteiger partial charge in [0.2, 0.25) is 0 Å². The van der Waals surface area contributed by atoms with E-state index in [0.29, 0.717) is 27.3 Å². The van der Waals surface area contributed by atoms with Gasteiger partial charge in [-0.25, -0.2) is 9.67 Å². The van der Waals surface area contributed by atoms with E-state index in [0.717, 1.165) is 4.70 Å². The van der Waals surface area contributed by atoms with Crippen LogP contribution in [0, 0.1) is 13.8 Å². The standard InChI is InChI=1S/C21H15F3N8OS/c1-10-11(2)29-32(28-10)13-6-12(7-26-8-13)31-19(21(22,23)24)16(20(25)33)18(30-31)14-4-3-5-15-17(14)27-9-34-15/h3-9H,1-2H3,(H2,25,33). The van der Waals surface area contributed by atoms with Crippen molar-refractivity contribution in [2.75, 3.05) is 0 Å². The third-order valence-corrected chi connectivity index (χ3v) is 6.01. The Labute approximate surface area is 193 Å². The lowest BCUT2D eigenvalue weighted by Crippen LogP contribution is -2.21. The number of hydrogen-bond acceptors (Lipinski definition) is 7. The number of benzene rings is 1. The number of para-hydroxylation sites is 1. The Morgan fingerprint density at radius 1 is 1.06 bits per heavy atom. The van der Waals surface area contributed by atoms with Crippen molar-refractivity contribution < 1.29 is 18.0 Å². The minimum atomic E-state index is -4.95. The molecule has 1 aromatic carbocycles. The highest BCUT2D eigenvalue weighted by atomic mass is 32.1. The Hall–Kier alpha value is -4.13. The fraction of sp³-hybridized carbons (Fsp3) is 0.143. The normalized spacial score (nSPS) is 11.9. The van der Waals surface area contributed by atoms with E-state index in [9.17, 15) is 18.0 Å². The number of rotatable bonds is 4. The van der Waals surface area contributed by atoms with E-state index in [1.54, 1.807) is 37.6 Å². The summed E-state index contributed by atoms with van der Waals surface area (Å²) in [5.41, 5.74) is 7.03. The second kappa shape index (κ2) is 7.73. The highest BCUT2D eigenvalue weighted by Gasteiger charge is 2.43. The number of halogens is 3. The molecule has 1 amide bonds. The van der Waals surface area contributed by atoms with Crippen LogP contribution in [0.15, 0.2) is 42.2 Å². The van der Waals surface area contributed by atoms with Gasteiger partial charge in [0.25, 0.3) is 5.91 Å². The van der Waals surface area contributed by atoms with Crippen LogP contribution in [0.4, 0.5) is 13.2 Å². The molecule has 0 aliphatic heterocycles. The van der Waals surface area contributed by atoms with Crippen molar-refractivity contribution in [1.29, 1.82) is 0 Å². The van der Waals surface area contributed by atoms with Crippen LogP contribution < -0.4 is 5.73 Å². The van der Waals surface area contributed by atoms with Gasteiger partial charge in [-0.05, 0) is 26.0 Å². The Morgan fingerprint density at radius 2 is 1.76 bits per heavy atom. The summed E-state index contributed by atoms with van der Waals surface area (Å²) >= 11 is 1.32. The maximum atomic E-state index is 14.3. The first kappa shape index (κ1) is 21.7. The van der Waals surface area contributed by atoms with E-state index in [1.165, 1.54) is 34.6 Å². The number of carbonyl (C=O) groups excluding carboxylic acids is 1. The molecule has 0 saturated carbocycles. The van der Waals surface area contributed by atoms with Crippen molar-refractivity contribution in [3.8, 4) is 22.6 Å². The number of amides is 1. The lowest BCUT2D eigenvalue weighted by molar-refractivity contribution is -0.143. The predicted molar refractivity (Wildman–Crippen MR) is 118 cm³/mol. The molecule has 34 heavy (non-hydrogen) atoms. The molecular formula is C21H15F3N8OS. The first-order chi connectivity index (χ1) is 16.1. The van der Waals surface area contributed by atoms with Crippen molar-refractivity contribution in [1.82, 2.24) is 34.7 Å². The number of fused-ring (bicyclic) bond motifs is 1. The molecule has 172 valence electrons. The second-order valence-electron chi connectivity index (χ2n) is 7.41. The number of thiazole rings is 1. The maximum absolute atomic E-state index is 14.3. The number of carbonyl (C=O) groups is 1. The van der Waals surface area contributed by atoms with Crippen LogP contribution in [0.2, 0.25) is 0 Å². The first-order valence-electron chi connectivity index (χ1n) is 9.84. The molecule has 0 aliphatic rings. The van der Waals surface area contributed by atoms with Gasteiger partial charge in [-0.2, -0.15) is 28.5 Å². The van der Waals surface area contributed by atoms with E-state index in [-0.39, 0.29) is 16.9 Å². The fourth-order valence-electron chi connectivity index (χ4n) is 3.57. The molecule has 13 heteroatoms. The molecule has 5 aromatic rings. The molecule has 0 atom stereocenters. The van der Waals surface area contributed by atoms with E-state index in [2.05, 4.69) is 25.3 Å². The highest BCUT2D eigenvalue weighted by molar-refractivity contribution is 7.16. The van der Waals surface area contributed by atoms with Gasteiger partial charge >= 0.3 is 6.18 Å². The predicted octanol–water partition coefficient (Wildman–Crippen LogP) is 3.86. The monoisotopic (exact) mass is 484 g/mol.